The van der Waals surface area contributed by atoms with Crippen LogP contribution in [0.4, 0.5) is 13.2 Å². The fourth-order valence-electron chi connectivity index (χ4n) is 1.90. The molecule has 2 aromatic carbocycles. The van der Waals surface area contributed by atoms with Crippen molar-refractivity contribution in [3.63, 3.8) is 0 Å². The highest BCUT2D eigenvalue weighted by atomic mass is 19.4. The molecule has 2 nitrogen and oxygen atoms in total. The molecule has 0 amide bonds. The maximum atomic E-state index is 12.0. The van der Waals surface area contributed by atoms with Gasteiger partial charge in [0.25, 0.3) is 0 Å². The van der Waals surface area contributed by atoms with Crippen LogP contribution in [0, 0.1) is 0 Å². The quantitative estimate of drug-likeness (QED) is 0.852. The lowest BCUT2D eigenvalue weighted by Gasteiger charge is -2.08. The van der Waals surface area contributed by atoms with E-state index < -0.39 is 12.7 Å². The number of nitrogens with one attached hydrogen (secondary N) is 1. The van der Waals surface area contributed by atoms with Gasteiger partial charge in [-0.05, 0) is 11.1 Å². The second-order valence-corrected chi connectivity index (χ2v) is 4.59. The van der Waals surface area contributed by atoms with E-state index in [0.717, 1.165) is 11.1 Å². The van der Waals surface area contributed by atoms with E-state index in [9.17, 15) is 18.0 Å². The Morgan fingerprint density at radius 3 is 2.05 bits per heavy atom. The average Bonchev–Trinajstić information content (AvgIpc) is 2.47. The lowest BCUT2D eigenvalue weighted by molar-refractivity contribution is -0.124. The predicted molar refractivity (Wildman–Crippen MR) is 75.1 cm³/mol. The molecule has 0 radical (unpaired) electrons. The number of alkyl halides is 3. The summed E-state index contributed by atoms with van der Waals surface area (Å²) in [5.41, 5.74) is 2.37. The largest absolute Gasteiger partial charge is 0.401 e. The molecule has 0 aromatic heterocycles. The third kappa shape index (κ3) is 4.72. The monoisotopic (exact) mass is 293 g/mol. The Hall–Kier alpha value is -2.14. The van der Waals surface area contributed by atoms with Gasteiger partial charge in [0.15, 0.2) is 5.78 Å². The Labute approximate surface area is 120 Å². The van der Waals surface area contributed by atoms with Gasteiger partial charge in [0, 0.05) is 5.56 Å². The summed E-state index contributed by atoms with van der Waals surface area (Å²) in [5, 5.41) is 2.10. The molecule has 0 aliphatic carbocycles. The van der Waals surface area contributed by atoms with Crippen molar-refractivity contribution in [2.45, 2.75) is 6.18 Å². The van der Waals surface area contributed by atoms with Crippen LogP contribution in [0.25, 0.3) is 11.1 Å². The van der Waals surface area contributed by atoms with Gasteiger partial charge in [0.2, 0.25) is 0 Å². The first-order chi connectivity index (χ1) is 9.96. The average molecular weight is 293 g/mol. The highest BCUT2D eigenvalue weighted by Gasteiger charge is 2.26. The van der Waals surface area contributed by atoms with E-state index in [1.54, 1.807) is 24.3 Å². The standard InChI is InChI=1S/C16H14F3NO/c17-16(18,19)11-20-10-15(21)14-8-6-13(7-9-14)12-4-2-1-3-5-12/h1-9,20H,10-11H2. The third-order valence-corrected chi connectivity index (χ3v) is 2.93. The lowest BCUT2D eigenvalue weighted by atomic mass is 10.0. The van der Waals surface area contributed by atoms with E-state index in [1.807, 2.05) is 30.3 Å². The van der Waals surface area contributed by atoms with E-state index in [2.05, 4.69) is 5.32 Å². The number of hydrogen-bond donors (Lipinski definition) is 1. The molecule has 0 saturated heterocycles. The Balaban J connectivity index is 1.97. The van der Waals surface area contributed by atoms with Gasteiger partial charge in [-0.25, -0.2) is 0 Å². The van der Waals surface area contributed by atoms with Crippen molar-refractivity contribution in [1.29, 1.82) is 0 Å². The molecule has 21 heavy (non-hydrogen) atoms. The van der Waals surface area contributed by atoms with Crippen LogP contribution in [-0.4, -0.2) is 25.0 Å². The van der Waals surface area contributed by atoms with Crippen molar-refractivity contribution >= 4 is 5.78 Å². The van der Waals surface area contributed by atoms with Gasteiger partial charge in [0.1, 0.15) is 0 Å². The van der Waals surface area contributed by atoms with Gasteiger partial charge in [-0.1, -0.05) is 54.6 Å². The first-order valence-electron chi connectivity index (χ1n) is 6.42. The number of hydrogen-bond acceptors (Lipinski definition) is 2. The second-order valence-electron chi connectivity index (χ2n) is 4.59. The Morgan fingerprint density at radius 2 is 1.48 bits per heavy atom. The van der Waals surface area contributed by atoms with Crippen molar-refractivity contribution in [2.24, 2.45) is 0 Å². The fraction of sp³-hybridized carbons (Fsp3) is 0.188. The zero-order chi connectivity index (χ0) is 15.3. The molecule has 0 bridgehead atoms. The minimum absolute atomic E-state index is 0.329. The van der Waals surface area contributed by atoms with Crippen LogP contribution in [0.15, 0.2) is 54.6 Å². The predicted octanol–water partition coefficient (Wildman–Crippen LogP) is 3.69. The summed E-state index contributed by atoms with van der Waals surface area (Å²) in [4.78, 5) is 11.7. The smallest absolute Gasteiger partial charge is 0.302 e. The molecular weight excluding hydrogens is 279 g/mol. The van der Waals surface area contributed by atoms with E-state index in [4.69, 9.17) is 0 Å². The summed E-state index contributed by atoms with van der Waals surface area (Å²) >= 11 is 0. The van der Waals surface area contributed by atoms with E-state index in [-0.39, 0.29) is 12.3 Å². The molecule has 0 unspecified atom stereocenters. The number of benzene rings is 2. The van der Waals surface area contributed by atoms with Crippen LogP contribution in [0.3, 0.4) is 0 Å². The molecule has 0 atom stereocenters. The van der Waals surface area contributed by atoms with Crippen molar-refractivity contribution in [2.75, 3.05) is 13.1 Å². The summed E-state index contributed by atoms with van der Waals surface area (Å²) in [6.07, 6.45) is -4.31. The van der Waals surface area contributed by atoms with Gasteiger partial charge in [0.05, 0.1) is 13.1 Å². The number of rotatable bonds is 5. The molecule has 2 rings (SSSR count). The summed E-state index contributed by atoms with van der Waals surface area (Å²) in [6, 6.07) is 16.4. The van der Waals surface area contributed by atoms with Crippen molar-refractivity contribution in [3.05, 3.63) is 60.2 Å². The summed E-state index contributed by atoms with van der Waals surface area (Å²) in [7, 11) is 0. The fourth-order valence-corrected chi connectivity index (χ4v) is 1.90. The molecule has 0 aliphatic heterocycles. The van der Waals surface area contributed by atoms with Crippen molar-refractivity contribution < 1.29 is 18.0 Å². The summed E-state index contributed by atoms with van der Waals surface area (Å²) < 4.78 is 35.9. The molecule has 2 aromatic rings. The maximum Gasteiger partial charge on any atom is 0.401 e. The Bertz CT molecular complexity index is 591. The van der Waals surface area contributed by atoms with Crippen molar-refractivity contribution in [1.82, 2.24) is 5.32 Å². The zero-order valence-corrected chi connectivity index (χ0v) is 11.2. The van der Waals surface area contributed by atoms with E-state index >= 15 is 0 Å². The second kappa shape index (κ2) is 6.54. The van der Waals surface area contributed by atoms with Crippen molar-refractivity contribution in [3.8, 4) is 11.1 Å². The molecular formula is C16H14F3NO. The number of halogens is 3. The maximum absolute atomic E-state index is 12.0. The van der Waals surface area contributed by atoms with Crippen LogP contribution >= 0.6 is 0 Å². The molecule has 0 saturated carbocycles. The molecule has 0 fully saturated rings. The summed E-state index contributed by atoms with van der Waals surface area (Å²) in [6.45, 7) is -1.50. The first kappa shape index (κ1) is 15.3. The molecule has 110 valence electrons. The van der Waals surface area contributed by atoms with E-state index in [1.165, 1.54) is 0 Å². The minimum atomic E-state index is -4.31. The number of carbonyl (C=O) groups is 1. The normalized spacial score (nSPS) is 11.4. The summed E-state index contributed by atoms with van der Waals surface area (Å²) in [5.74, 6) is -0.362. The zero-order valence-electron chi connectivity index (χ0n) is 11.2. The molecule has 0 heterocycles. The molecule has 1 N–H and O–H groups in total. The lowest BCUT2D eigenvalue weighted by Crippen LogP contribution is -2.32. The van der Waals surface area contributed by atoms with Gasteiger partial charge in [-0.2, -0.15) is 13.2 Å². The topological polar surface area (TPSA) is 29.1 Å². The molecule has 0 spiro atoms. The van der Waals surface area contributed by atoms with Crippen LogP contribution in [0.2, 0.25) is 0 Å². The number of carbonyl (C=O) groups excluding carboxylic acids is 1. The van der Waals surface area contributed by atoms with E-state index in [0.29, 0.717) is 5.56 Å². The van der Waals surface area contributed by atoms with Crippen LogP contribution in [-0.2, 0) is 0 Å². The van der Waals surface area contributed by atoms with Gasteiger partial charge in [-0.15, -0.1) is 0 Å². The minimum Gasteiger partial charge on any atom is -0.302 e. The number of Topliss-reactive ketones (excluding diaryl/α,β-unsaturated/α-hetero) is 1. The van der Waals surface area contributed by atoms with Crippen LogP contribution in [0.5, 0.6) is 0 Å². The van der Waals surface area contributed by atoms with Gasteiger partial charge in [-0.3, -0.25) is 4.79 Å². The number of ketones is 1. The Morgan fingerprint density at radius 1 is 0.905 bits per heavy atom. The van der Waals surface area contributed by atoms with Gasteiger partial charge >= 0.3 is 6.18 Å². The van der Waals surface area contributed by atoms with Gasteiger partial charge < -0.3 is 5.32 Å². The first-order valence-corrected chi connectivity index (χ1v) is 6.42. The highest BCUT2D eigenvalue weighted by Crippen LogP contribution is 2.19. The third-order valence-electron chi connectivity index (χ3n) is 2.93. The Kier molecular flexibility index (Phi) is 4.75. The van der Waals surface area contributed by atoms with Crippen LogP contribution < -0.4 is 5.32 Å². The van der Waals surface area contributed by atoms with Crippen LogP contribution in [0.1, 0.15) is 10.4 Å². The SMILES string of the molecule is O=C(CNCC(F)(F)F)c1ccc(-c2ccccc2)cc1. The molecule has 5 heteroatoms. The molecule has 0 aliphatic rings. The highest BCUT2D eigenvalue weighted by molar-refractivity contribution is 5.98.